The zero-order valence-corrected chi connectivity index (χ0v) is 9.41. The normalized spacial score (nSPS) is 24.1. The highest BCUT2D eigenvalue weighted by Gasteiger charge is 2.29. The zero-order chi connectivity index (χ0) is 11.7. The molecular weight excluding hydrogens is 216 g/mol. The molecule has 88 valence electrons. The number of aromatic nitrogens is 3. The lowest BCUT2D eigenvalue weighted by Crippen LogP contribution is -2.23. The lowest BCUT2D eigenvalue weighted by atomic mass is 10.0. The van der Waals surface area contributed by atoms with Crippen molar-refractivity contribution >= 4 is 0 Å². The van der Waals surface area contributed by atoms with Gasteiger partial charge in [-0.05, 0) is 25.0 Å². The van der Waals surface area contributed by atoms with Gasteiger partial charge in [-0.2, -0.15) is 4.98 Å². The third-order valence-electron chi connectivity index (χ3n) is 3.25. The molecule has 0 aromatic carbocycles. The summed E-state index contributed by atoms with van der Waals surface area (Å²) < 4.78 is 5.25. The van der Waals surface area contributed by atoms with Gasteiger partial charge in [-0.25, -0.2) is 0 Å². The summed E-state index contributed by atoms with van der Waals surface area (Å²) in [6, 6.07) is 3.91. The van der Waals surface area contributed by atoms with Gasteiger partial charge in [-0.3, -0.25) is 4.98 Å². The Labute approximate surface area is 99.1 Å². The first-order valence-electron chi connectivity index (χ1n) is 5.84. The van der Waals surface area contributed by atoms with Crippen LogP contribution in [0.25, 0.3) is 11.5 Å². The molecule has 0 unspecified atom stereocenters. The molecule has 1 aliphatic carbocycles. The standard InChI is InChI=1S/C12H14N4O/c13-10-5-1-4-9(10)11-15-12(17-16-11)8-3-2-6-14-7-8/h2-3,6-7,9-10H,1,4-5,13H2/t9-,10+/m1/s1. The molecule has 2 aromatic rings. The van der Waals surface area contributed by atoms with Crippen LogP contribution in [0, 0.1) is 0 Å². The molecule has 0 saturated heterocycles. The van der Waals surface area contributed by atoms with E-state index in [-0.39, 0.29) is 12.0 Å². The molecule has 1 aliphatic rings. The van der Waals surface area contributed by atoms with E-state index in [2.05, 4.69) is 15.1 Å². The molecule has 0 aliphatic heterocycles. The van der Waals surface area contributed by atoms with Gasteiger partial charge < -0.3 is 10.3 Å². The molecule has 0 radical (unpaired) electrons. The van der Waals surface area contributed by atoms with Crippen LogP contribution in [0.4, 0.5) is 0 Å². The molecule has 0 bridgehead atoms. The first-order valence-corrected chi connectivity index (χ1v) is 5.84. The highest BCUT2D eigenvalue weighted by Crippen LogP contribution is 2.32. The van der Waals surface area contributed by atoms with Crippen LogP contribution in [0.3, 0.4) is 0 Å². The van der Waals surface area contributed by atoms with Gasteiger partial charge >= 0.3 is 0 Å². The molecule has 5 nitrogen and oxygen atoms in total. The molecule has 0 spiro atoms. The number of hydrogen-bond acceptors (Lipinski definition) is 5. The van der Waals surface area contributed by atoms with E-state index < -0.39 is 0 Å². The average Bonchev–Trinajstić information content (AvgIpc) is 2.98. The van der Waals surface area contributed by atoms with Crippen LogP contribution in [0.5, 0.6) is 0 Å². The highest BCUT2D eigenvalue weighted by atomic mass is 16.5. The molecule has 1 fully saturated rings. The second-order valence-electron chi connectivity index (χ2n) is 4.40. The van der Waals surface area contributed by atoms with Gasteiger partial charge in [0.25, 0.3) is 5.89 Å². The molecule has 2 heterocycles. The monoisotopic (exact) mass is 230 g/mol. The summed E-state index contributed by atoms with van der Waals surface area (Å²) >= 11 is 0. The number of nitrogens with two attached hydrogens (primary N) is 1. The molecule has 17 heavy (non-hydrogen) atoms. The molecule has 1 saturated carbocycles. The van der Waals surface area contributed by atoms with Crippen LogP contribution in [-0.2, 0) is 0 Å². The fraction of sp³-hybridized carbons (Fsp3) is 0.417. The van der Waals surface area contributed by atoms with Gasteiger partial charge in [-0.15, -0.1) is 0 Å². The highest BCUT2D eigenvalue weighted by molar-refractivity contribution is 5.50. The van der Waals surface area contributed by atoms with Gasteiger partial charge in [0.05, 0.1) is 5.56 Å². The van der Waals surface area contributed by atoms with Crippen LogP contribution in [0.1, 0.15) is 31.0 Å². The molecule has 3 rings (SSSR count). The van der Waals surface area contributed by atoms with Crippen molar-refractivity contribution in [1.82, 2.24) is 15.1 Å². The van der Waals surface area contributed by atoms with Crippen molar-refractivity contribution in [3.63, 3.8) is 0 Å². The summed E-state index contributed by atoms with van der Waals surface area (Å²) in [7, 11) is 0. The minimum atomic E-state index is 0.161. The lowest BCUT2D eigenvalue weighted by Gasteiger charge is -2.09. The maximum atomic E-state index is 6.02. The van der Waals surface area contributed by atoms with E-state index in [0.29, 0.717) is 5.89 Å². The van der Waals surface area contributed by atoms with E-state index in [1.807, 2.05) is 12.1 Å². The molecule has 0 amide bonds. The quantitative estimate of drug-likeness (QED) is 0.850. The summed E-state index contributed by atoms with van der Waals surface area (Å²) in [5.74, 6) is 1.49. The van der Waals surface area contributed by atoms with Crippen LogP contribution >= 0.6 is 0 Å². The molecule has 2 aromatic heterocycles. The SMILES string of the molecule is N[C@H]1CCC[C@H]1c1noc(-c2cccnc2)n1. The van der Waals surface area contributed by atoms with E-state index in [0.717, 1.165) is 30.7 Å². The Hall–Kier alpha value is -1.75. The summed E-state index contributed by atoms with van der Waals surface area (Å²) in [5.41, 5.74) is 6.87. The minimum Gasteiger partial charge on any atom is -0.334 e. The largest absolute Gasteiger partial charge is 0.334 e. The Morgan fingerprint density at radius 2 is 2.29 bits per heavy atom. The Kier molecular flexibility index (Phi) is 2.60. The number of hydrogen-bond donors (Lipinski definition) is 1. The second kappa shape index (κ2) is 4.25. The minimum absolute atomic E-state index is 0.161. The average molecular weight is 230 g/mol. The van der Waals surface area contributed by atoms with E-state index in [9.17, 15) is 0 Å². The summed E-state index contributed by atoms with van der Waals surface area (Å²) in [6.45, 7) is 0. The van der Waals surface area contributed by atoms with Crippen LogP contribution in [0.2, 0.25) is 0 Å². The lowest BCUT2D eigenvalue weighted by molar-refractivity contribution is 0.412. The number of nitrogens with zero attached hydrogens (tertiary/aromatic N) is 3. The van der Waals surface area contributed by atoms with Crippen molar-refractivity contribution < 1.29 is 4.52 Å². The smallest absolute Gasteiger partial charge is 0.259 e. The molecule has 2 atom stereocenters. The zero-order valence-electron chi connectivity index (χ0n) is 9.41. The first kappa shape index (κ1) is 10.4. The Balaban J connectivity index is 1.88. The van der Waals surface area contributed by atoms with E-state index in [4.69, 9.17) is 10.3 Å². The fourth-order valence-corrected chi connectivity index (χ4v) is 2.30. The van der Waals surface area contributed by atoms with Crippen molar-refractivity contribution in [2.75, 3.05) is 0 Å². The van der Waals surface area contributed by atoms with Crippen molar-refractivity contribution in [3.05, 3.63) is 30.4 Å². The van der Waals surface area contributed by atoms with Gasteiger partial charge in [0.2, 0.25) is 0 Å². The topological polar surface area (TPSA) is 77.8 Å². The number of rotatable bonds is 2. The third kappa shape index (κ3) is 1.93. The summed E-state index contributed by atoms with van der Waals surface area (Å²) in [5, 5.41) is 4.03. The van der Waals surface area contributed by atoms with E-state index >= 15 is 0 Å². The van der Waals surface area contributed by atoms with Crippen LogP contribution in [-0.4, -0.2) is 21.2 Å². The maximum absolute atomic E-state index is 6.02. The predicted molar refractivity (Wildman–Crippen MR) is 62.1 cm³/mol. The fourth-order valence-electron chi connectivity index (χ4n) is 2.30. The predicted octanol–water partition coefficient (Wildman–Crippen LogP) is 1.73. The Morgan fingerprint density at radius 3 is 3.00 bits per heavy atom. The molecular formula is C12H14N4O. The Bertz CT molecular complexity index is 496. The second-order valence-corrected chi connectivity index (χ2v) is 4.40. The maximum Gasteiger partial charge on any atom is 0.259 e. The first-order chi connectivity index (χ1) is 8.34. The third-order valence-corrected chi connectivity index (χ3v) is 3.25. The molecule has 2 N–H and O–H groups in total. The van der Waals surface area contributed by atoms with E-state index in [1.165, 1.54) is 0 Å². The van der Waals surface area contributed by atoms with Crippen molar-refractivity contribution in [2.24, 2.45) is 5.73 Å². The Morgan fingerprint density at radius 1 is 1.35 bits per heavy atom. The number of pyridine rings is 1. The summed E-state index contributed by atoms with van der Waals surface area (Å²) in [6.07, 6.45) is 6.66. The summed E-state index contributed by atoms with van der Waals surface area (Å²) in [4.78, 5) is 8.45. The van der Waals surface area contributed by atoms with Gasteiger partial charge in [0.15, 0.2) is 5.82 Å². The molecule has 5 heteroatoms. The van der Waals surface area contributed by atoms with Crippen LogP contribution in [0.15, 0.2) is 29.0 Å². The van der Waals surface area contributed by atoms with Crippen molar-refractivity contribution in [1.29, 1.82) is 0 Å². The van der Waals surface area contributed by atoms with Gasteiger partial charge in [0.1, 0.15) is 0 Å². The van der Waals surface area contributed by atoms with Gasteiger partial charge in [-0.1, -0.05) is 11.6 Å². The van der Waals surface area contributed by atoms with Crippen molar-refractivity contribution in [3.8, 4) is 11.5 Å². The van der Waals surface area contributed by atoms with E-state index in [1.54, 1.807) is 12.4 Å². The van der Waals surface area contributed by atoms with Crippen molar-refractivity contribution in [2.45, 2.75) is 31.2 Å². The van der Waals surface area contributed by atoms with Gasteiger partial charge in [0, 0.05) is 24.4 Å². The van der Waals surface area contributed by atoms with Crippen LogP contribution < -0.4 is 5.73 Å².